The van der Waals surface area contributed by atoms with Crippen LogP contribution < -0.4 is 0 Å². The van der Waals surface area contributed by atoms with E-state index in [1.54, 1.807) is 0 Å². The molecule has 0 radical (unpaired) electrons. The number of hydrogen-bond donors (Lipinski definition) is 0. The summed E-state index contributed by atoms with van der Waals surface area (Å²) in [5, 5.41) is 0.820. The van der Waals surface area contributed by atoms with Gasteiger partial charge in [0.1, 0.15) is 5.82 Å². The van der Waals surface area contributed by atoms with Crippen molar-refractivity contribution in [3.63, 3.8) is 0 Å². The molecule has 1 aromatic heterocycles. The number of para-hydroxylation sites is 2. The molecule has 0 saturated carbocycles. The van der Waals surface area contributed by atoms with E-state index in [4.69, 9.17) is 10.5 Å². The number of benzene rings is 8. The van der Waals surface area contributed by atoms with Crippen molar-refractivity contribution in [3.8, 4) is 50.2 Å². The molecular weight excluding hydrogens is 629 g/mol. The van der Waals surface area contributed by atoms with Crippen LogP contribution in [0.3, 0.4) is 0 Å². The Bertz CT molecular complexity index is 3210. The van der Waals surface area contributed by atoms with Crippen molar-refractivity contribution in [3.05, 3.63) is 181 Å². The maximum absolute atomic E-state index is 9.40. The highest BCUT2D eigenvalue weighted by atomic mass is 15.1. The first-order chi connectivity index (χ1) is 28.8. The number of nitrogens with zero attached hydrogens (tertiary/aromatic N) is 2. The maximum Gasteiger partial charge on any atom is 0.114 e. The van der Waals surface area contributed by atoms with Gasteiger partial charge in [0.15, 0.2) is 0 Å². The summed E-state index contributed by atoms with van der Waals surface area (Å²) in [4.78, 5) is 4.83. The Hall–Kier alpha value is -6.25. The molecular formula is C50H38N2. The fourth-order valence-corrected chi connectivity index (χ4v) is 8.30. The van der Waals surface area contributed by atoms with Gasteiger partial charge < -0.3 is 0 Å². The van der Waals surface area contributed by atoms with E-state index in [1.807, 2.05) is 72.8 Å². The molecule has 0 aliphatic heterocycles. The predicted octanol–water partition coefficient (Wildman–Crippen LogP) is 13.2. The lowest BCUT2D eigenvalue weighted by atomic mass is 9.80. The van der Waals surface area contributed by atoms with E-state index in [2.05, 4.69) is 67.8 Å². The zero-order chi connectivity index (χ0) is 41.9. The molecule has 52 heavy (non-hydrogen) atoms. The van der Waals surface area contributed by atoms with E-state index in [0.717, 1.165) is 56.8 Å². The Labute approximate surface area is 315 Å². The van der Waals surface area contributed by atoms with Gasteiger partial charge in [-0.25, -0.2) is 4.98 Å². The van der Waals surface area contributed by atoms with Gasteiger partial charge in [-0.15, -0.1) is 0 Å². The predicted molar refractivity (Wildman–Crippen MR) is 219 cm³/mol. The van der Waals surface area contributed by atoms with E-state index >= 15 is 0 Å². The van der Waals surface area contributed by atoms with Crippen LogP contribution in [0.5, 0.6) is 0 Å². The number of hydrogen-bond acceptors (Lipinski definition) is 1. The van der Waals surface area contributed by atoms with E-state index < -0.39 is 24.2 Å². The van der Waals surface area contributed by atoms with Gasteiger partial charge in [-0.1, -0.05) is 154 Å². The normalized spacial score (nSPS) is 15.3. The first kappa shape index (κ1) is 23.3. The third-order valence-electron chi connectivity index (χ3n) is 10.8. The highest BCUT2D eigenvalue weighted by Crippen LogP contribution is 2.51. The number of fused-ring (bicyclic) bond motifs is 6. The number of aryl methyl sites for hydroxylation is 1. The molecule has 0 spiro atoms. The van der Waals surface area contributed by atoms with Crippen LogP contribution in [0.1, 0.15) is 48.7 Å². The second-order valence-electron chi connectivity index (χ2n) is 14.0. The number of aromatic nitrogens is 2. The average Bonchev–Trinajstić information content (AvgIpc) is 3.76. The lowest BCUT2D eigenvalue weighted by Crippen LogP contribution is -2.14. The second kappa shape index (κ2) is 11.6. The van der Waals surface area contributed by atoms with Gasteiger partial charge in [-0.2, -0.15) is 0 Å². The van der Waals surface area contributed by atoms with Crippen LogP contribution in [-0.2, 0) is 11.8 Å². The van der Waals surface area contributed by atoms with Gasteiger partial charge in [0.05, 0.1) is 22.0 Å². The Balaban J connectivity index is 1.20. The van der Waals surface area contributed by atoms with Gasteiger partial charge >= 0.3 is 0 Å². The molecule has 10 rings (SSSR count). The van der Waals surface area contributed by atoms with Gasteiger partial charge in [0, 0.05) is 17.5 Å². The van der Waals surface area contributed by atoms with E-state index in [-0.39, 0.29) is 51.1 Å². The molecule has 0 atom stereocenters. The van der Waals surface area contributed by atoms with Gasteiger partial charge in [-0.05, 0) is 108 Å². The maximum atomic E-state index is 9.40. The minimum absolute atomic E-state index is 0.202. The minimum Gasteiger partial charge on any atom is -0.296 e. The Morgan fingerprint density at radius 1 is 0.558 bits per heavy atom. The molecule has 8 aromatic carbocycles. The fraction of sp³-hybridized carbons (Fsp3) is 0.100. The SMILES string of the molecule is [2H]c1c([2H])c([2H])c2c(-c3ccc4c(c3)C(C)(C)c3ccccc3-4)c3c([2H])c([2H])c([2H])c([2H])c3c(-c3ccc(-c4ccc(-n5c(CC)nc6ccccc65)cc4)cc3)c2c1[2H]. The van der Waals surface area contributed by atoms with Crippen molar-refractivity contribution in [2.45, 2.75) is 32.6 Å². The quantitative estimate of drug-likeness (QED) is 0.166. The summed E-state index contributed by atoms with van der Waals surface area (Å²) >= 11 is 0. The number of imidazole rings is 1. The molecule has 0 amide bonds. The summed E-state index contributed by atoms with van der Waals surface area (Å²) in [6.07, 6.45) is 0.779. The van der Waals surface area contributed by atoms with Crippen molar-refractivity contribution in [2.24, 2.45) is 0 Å². The summed E-state index contributed by atoms with van der Waals surface area (Å²) in [5.41, 5.74) is 10.7. The molecule has 1 aliphatic rings. The monoisotopic (exact) mass is 674 g/mol. The lowest BCUT2D eigenvalue weighted by molar-refractivity contribution is 0.660. The second-order valence-corrected chi connectivity index (χ2v) is 14.0. The van der Waals surface area contributed by atoms with Crippen LogP contribution in [0.15, 0.2) is 164 Å². The topological polar surface area (TPSA) is 17.8 Å². The Morgan fingerprint density at radius 3 is 1.73 bits per heavy atom. The standard InChI is InChI=1S/C50H38N2/c1-4-47-51-45-19-11-12-20-46(45)52(47)36-28-25-33(26-29-36)32-21-23-34(24-22-32)48-39-14-5-7-16-41(39)49(42-17-8-6-15-40(42)48)35-27-30-38-37-13-9-10-18-43(37)50(2,3)44(38)31-35/h5-31H,4H2,1-3H3/i5D,6D,7D,8D,14D,15D,16D,17D. The van der Waals surface area contributed by atoms with Crippen LogP contribution in [0.25, 0.3) is 82.8 Å². The first-order valence-corrected chi connectivity index (χ1v) is 17.7. The zero-order valence-electron chi connectivity index (χ0n) is 37.1. The Kier molecular flexibility index (Phi) is 5.21. The van der Waals surface area contributed by atoms with Crippen molar-refractivity contribution in [1.29, 1.82) is 0 Å². The lowest BCUT2D eigenvalue weighted by Gasteiger charge is -2.23. The van der Waals surface area contributed by atoms with Crippen LogP contribution in [0.2, 0.25) is 0 Å². The molecule has 2 heteroatoms. The zero-order valence-corrected chi connectivity index (χ0v) is 29.1. The van der Waals surface area contributed by atoms with Gasteiger partial charge in [-0.3, -0.25) is 4.57 Å². The molecule has 0 fully saturated rings. The molecule has 2 nitrogen and oxygen atoms in total. The third kappa shape index (κ3) is 4.54. The van der Waals surface area contributed by atoms with Gasteiger partial charge in [0.2, 0.25) is 0 Å². The molecule has 9 aromatic rings. The number of rotatable bonds is 5. The summed E-state index contributed by atoms with van der Waals surface area (Å²) in [5.74, 6) is 0.973. The first-order valence-electron chi connectivity index (χ1n) is 21.7. The van der Waals surface area contributed by atoms with Crippen molar-refractivity contribution in [1.82, 2.24) is 9.55 Å². The molecule has 1 aliphatic carbocycles. The van der Waals surface area contributed by atoms with E-state index in [1.165, 1.54) is 5.56 Å². The Morgan fingerprint density at radius 2 is 1.08 bits per heavy atom. The average molecular weight is 675 g/mol. The summed E-state index contributed by atoms with van der Waals surface area (Å²) in [7, 11) is 0. The van der Waals surface area contributed by atoms with Crippen LogP contribution in [0, 0.1) is 0 Å². The molecule has 0 unspecified atom stereocenters. The molecule has 0 N–H and O–H groups in total. The highest BCUT2D eigenvalue weighted by Gasteiger charge is 2.35. The molecule has 1 heterocycles. The fourth-order valence-electron chi connectivity index (χ4n) is 8.30. The minimum atomic E-state index is -0.418. The molecule has 0 bridgehead atoms. The largest absolute Gasteiger partial charge is 0.296 e. The van der Waals surface area contributed by atoms with Gasteiger partial charge in [0.25, 0.3) is 0 Å². The van der Waals surface area contributed by atoms with Crippen LogP contribution in [-0.4, -0.2) is 9.55 Å². The summed E-state index contributed by atoms with van der Waals surface area (Å²) in [6, 6.07) is 35.4. The van der Waals surface area contributed by atoms with Crippen molar-refractivity contribution < 1.29 is 11.0 Å². The highest BCUT2D eigenvalue weighted by molar-refractivity contribution is 6.21. The molecule has 248 valence electrons. The van der Waals surface area contributed by atoms with Crippen molar-refractivity contribution >= 4 is 32.6 Å². The summed E-state index contributed by atoms with van der Waals surface area (Å²) in [6.45, 7) is 6.40. The van der Waals surface area contributed by atoms with E-state index in [0.29, 0.717) is 22.3 Å². The molecule has 0 saturated heterocycles. The van der Waals surface area contributed by atoms with Crippen molar-refractivity contribution in [2.75, 3.05) is 0 Å². The van der Waals surface area contributed by atoms with Crippen LogP contribution >= 0.6 is 0 Å². The van der Waals surface area contributed by atoms with E-state index in [9.17, 15) is 5.48 Å². The third-order valence-corrected chi connectivity index (χ3v) is 10.8. The van der Waals surface area contributed by atoms with Crippen LogP contribution in [0.4, 0.5) is 0 Å². The summed E-state index contributed by atoms with van der Waals surface area (Å²) < 4.78 is 75.1. The smallest absolute Gasteiger partial charge is 0.114 e.